The standard InChI is InChI=1S/C14H9N3O/c1-2-4-10-9(3-1)16-11-7-13-14(8-12(11)17-10)18-6-5-15-13/h1-5,7-8H,6H2. The molecule has 1 aromatic heterocycles. The van der Waals surface area contributed by atoms with Gasteiger partial charge in [-0.2, -0.15) is 0 Å². The van der Waals surface area contributed by atoms with Gasteiger partial charge in [-0.05, 0) is 18.2 Å². The summed E-state index contributed by atoms with van der Waals surface area (Å²) in [7, 11) is 0. The van der Waals surface area contributed by atoms with Gasteiger partial charge >= 0.3 is 0 Å². The van der Waals surface area contributed by atoms with E-state index >= 15 is 0 Å². The van der Waals surface area contributed by atoms with Gasteiger partial charge in [-0.15, -0.1) is 0 Å². The smallest absolute Gasteiger partial charge is 0.147 e. The van der Waals surface area contributed by atoms with Crippen LogP contribution in [0.1, 0.15) is 0 Å². The maximum absolute atomic E-state index is 5.53. The van der Waals surface area contributed by atoms with E-state index in [0.29, 0.717) is 6.61 Å². The third kappa shape index (κ3) is 1.35. The zero-order valence-electron chi connectivity index (χ0n) is 9.50. The zero-order valence-corrected chi connectivity index (χ0v) is 9.50. The van der Waals surface area contributed by atoms with Crippen molar-refractivity contribution in [1.82, 2.24) is 9.97 Å². The molecule has 2 aromatic carbocycles. The number of nitrogens with zero attached hydrogens (tertiary/aromatic N) is 3. The van der Waals surface area contributed by atoms with Gasteiger partial charge in [0.05, 0.1) is 22.1 Å². The van der Waals surface area contributed by atoms with Crippen molar-refractivity contribution in [3.63, 3.8) is 0 Å². The van der Waals surface area contributed by atoms with E-state index < -0.39 is 0 Å². The molecule has 4 nitrogen and oxygen atoms in total. The molecule has 4 rings (SSSR count). The summed E-state index contributed by atoms with van der Waals surface area (Å²) in [5.41, 5.74) is 4.29. The first kappa shape index (κ1) is 9.53. The Balaban J connectivity index is 2.09. The molecule has 0 fully saturated rings. The van der Waals surface area contributed by atoms with Gasteiger partial charge in [0, 0.05) is 12.3 Å². The van der Waals surface area contributed by atoms with Crippen LogP contribution in [0.3, 0.4) is 0 Å². The van der Waals surface area contributed by atoms with Crippen LogP contribution in [-0.4, -0.2) is 22.8 Å². The molecule has 0 radical (unpaired) electrons. The minimum absolute atomic E-state index is 0.513. The number of rotatable bonds is 0. The molecule has 4 heteroatoms. The van der Waals surface area contributed by atoms with E-state index in [1.807, 2.05) is 36.4 Å². The summed E-state index contributed by atoms with van der Waals surface area (Å²) in [4.78, 5) is 13.5. The predicted molar refractivity (Wildman–Crippen MR) is 70.7 cm³/mol. The largest absolute Gasteiger partial charge is 0.486 e. The maximum atomic E-state index is 5.53. The molecule has 0 N–H and O–H groups in total. The van der Waals surface area contributed by atoms with E-state index in [1.54, 1.807) is 6.21 Å². The highest BCUT2D eigenvalue weighted by Gasteiger charge is 2.10. The number of benzene rings is 2. The van der Waals surface area contributed by atoms with Crippen LogP contribution in [0.15, 0.2) is 41.4 Å². The fourth-order valence-electron chi connectivity index (χ4n) is 2.12. The Morgan fingerprint density at radius 3 is 2.39 bits per heavy atom. The lowest BCUT2D eigenvalue weighted by molar-refractivity contribution is 0.377. The topological polar surface area (TPSA) is 47.4 Å². The number of hydrogen-bond acceptors (Lipinski definition) is 4. The van der Waals surface area contributed by atoms with E-state index in [-0.39, 0.29) is 0 Å². The van der Waals surface area contributed by atoms with Crippen LogP contribution in [-0.2, 0) is 0 Å². The SMILES string of the molecule is C1=Nc2cc3nc4ccccc4nc3cc2OC1. The number of para-hydroxylation sites is 2. The Morgan fingerprint density at radius 1 is 0.889 bits per heavy atom. The normalized spacial score (nSPS) is 13.6. The third-order valence-corrected chi connectivity index (χ3v) is 2.96. The fraction of sp³-hybridized carbons (Fsp3) is 0.0714. The Morgan fingerprint density at radius 2 is 1.61 bits per heavy atom. The Bertz CT molecular complexity index is 796. The van der Waals surface area contributed by atoms with Crippen LogP contribution in [0.5, 0.6) is 5.75 Å². The Labute approximate surface area is 103 Å². The highest BCUT2D eigenvalue weighted by Crippen LogP contribution is 2.33. The number of hydrogen-bond donors (Lipinski definition) is 0. The third-order valence-electron chi connectivity index (χ3n) is 2.96. The Kier molecular flexibility index (Phi) is 1.85. The van der Waals surface area contributed by atoms with Crippen LogP contribution in [0.4, 0.5) is 5.69 Å². The average molecular weight is 235 g/mol. The van der Waals surface area contributed by atoms with Crippen molar-refractivity contribution in [3.8, 4) is 5.75 Å². The van der Waals surface area contributed by atoms with E-state index in [4.69, 9.17) is 4.74 Å². The van der Waals surface area contributed by atoms with Gasteiger partial charge in [0.25, 0.3) is 0 Å². The van der Waals surface area contributed by atoms with Crippen molar-refractivity contribution in [1.29, 1.82) is 0 Å². The highest BCUT2D eigenvalue weighted by atomic mass is 16.5. The first-order valence-corrected chi connectivity index (χ1v) is 5.76. The van der Waals surface area contributed by atoms with Crippen LogP contribution in [0.2, 0.25) is 0 Å². The van der Waals surface area contributed by atoms with Gasteiger partial charge in [0.1, 0.15) is 18.0 Å². The average Bonchev–Trinajstić information content (AvgIpc) is 2.42. The molecule has 0 saturated carbocycles. The van der Waals surface area contributed by atoms with E-state index in [1.165, 1.54) is 0 Å². The van der Waals surface area contributed by atoms with Crippen molar-refractivity contribution in [2.75, 3.05) is 6.61 Å². The molecule has 0 unspecified atom stereocenters. The van der Waals surface area contributed by atoms with Gasteiger partial charge in [-0.1, -0.05) is 12.1 Å². The van der Waals surface area contributed by atoms with Crippen LogP contribution in [0.25, 0.3) is 22.1 Å². The molecule has 0 saturated heterocycles. The molecule has 86 valence electrons. The zero-order chi connectivity index (χ0) is 11.9. The Hall–Kier alpha value is -2.49. The van der Waals surface area contributed by atoms with Crippen molar-refractivity contribution >= 4 is 34.0 Å². The van der Waals surface area contributed by atoms with Gasteiger partial charge in [0.15, 0.2) is 0 Å². The maximum Gasteiger partial charge on any atom is 0.147 e. The fourth-order valence-corrected chi connectivity index (χ4v) is 2.12. The lowest BCUT2D eigenvalue weighted by Gasteiger charge is -2.12. The number of ether oxygens (including phenoxy) is 1. The lowest BCUT2D eigenvalue weighted by Crippen LogP contribution is -2.03. The molecule has 0 amide bonds. The van der Waals surface area contributed by atoms with Crippen molar-refractivity contribution in [2.24, 2.45) is 4.99 Å². The number of fused-ring (bicyclic) bond motifs is 3. The second kappa shape index (κ2) is 3.50. The molecule has 0 bridgehead atoms. The molecule has 1 aliphatic heterocycles. The van der Waals surface area contributed by atoms with Gasteiger partial charge in [-0.25, -0.2) is 9.97 Å². The van der Waals surface area contributed by atoms with E-state index in [9.17, 15) is 0 Å². The first-order chi connectivity index (χ1) is 8.90. The summed E-state index contributed by atoms with van der Waals surface area (Å²) in [6.07, 6.45) is 1.75. The van der Waals surface area contributed by atoms with E-state index in [0.717, 1.165) is 33.5 Å². The molecule has 0 atom stereocenters. The molecule has 0 aliphatic carbocycles. The minimum Gasteiger partial charge on any atom is -0.486 e. The highest BCUT2D eigenvalue weighted by molar-refractivity contribution is 5.90. The first-order valence-electron chi connectivity index (χ1n) is 5.76. The summed E-state index contributed by atoms with van der Waals surface area (Å²) in [5, 5.41) is 0. The minimum atomic E-state index is 0.513. The lowest BCUT2D eigenvalue weighted by atomic mass is 10.2. The predicted octanol–water partition coefficient (Wildman–Crippen LogP) is 2.88. The van der Waals surface area contributed by atoms with Gasteiger partial charge < -0.3 is 4.74 Å². The summed E-state index contributed by atoms with van der Waals surface area (Å²) < 4.78 is 5.53. The van der Waals surface area contributed by atoms with Crippen molar-refractivity contribution in [2.45, 2.75) is 0 Å². The molecular weight excluding hydrogens is 226 g/mol. The summed E-state index contributed by atoms with van der Waals surface area (Å²) in [6.45, 7) is 0.513. The second-order valence-electron chi connectivity index (χ2n) is 4.14. The van der Waals surface area contributed by atoms with Crippen LogP contribution in [0, 0.1) is 0 Å². The molecule has 2 heterocycles. The monoisotopic (exact) mass is 235 g/mol. The number of aromatic nitrogens is 2. The summed E-state index contributed by atoms with van der Waals surface area (Å²) in [6, 6.07) is 11.7. The molecule has 18 heavy (non-hydrogen) atoms. The van der Waals surface area contributed by atoms with Crippen LogP contribution < -0.4 is 4.74 Å². The molecule has 3 aromatic rings. The number of aliphatic imine (C=N–C) groups is 1. The summed E-state index contributed by atoms with van der Waals surface area (Å²) in [5.74, 6) is 0.773. The second-order valence-corrected chi connectivity index (χ2v) is 4.14. The van der Waals surface area contributed by atoms with Crippen molar-refractivity contribution < 1.29 is 4.74 Å². The van der Waals surface area contributed by atoms with Gasteiger partial charge in [0.2, 0.25) is 0 Å². The molecular formula is C14H9N3O. The summed E-state index contributed by atoms with van der Waals surface area (Å²) >= 11 is 0. The van der Waals surface area contributed by atoms with E-state index in [2.05, 4.69) is 15.0 Å². The van der Waals surface area contributed by atoms with Crippen molar-refractivity contribution in [3.05, 3.63) is 36.4 Å². The molecule has 0 spiro atoms. The quantitative estimate of drug-likeness (QED) is 0.563. The van der Waals surface area contributed by atoms with Gasteiger partial charge in [-0.3, -0.25) is 4.99 Å². The molecule has 1 aliphatic rings. The van der Waals surface area contributed by atoms with Crippen LogP contribution >= 0.6 is 0 Å².